The summed E-state index contributed by atoms with van der Waals surface area (Å²) in [4.78, 5) is 0. The zero-order chi connectivity index (χ0) is 14.7. The molecular weight excluding hydrogens is 218 g/mol. The van der Waals surface area contributed by atoms with Gasteiger partial charge < -0.3 is 5.32 Å². The summed E-state index contributed by atoms with van der Waals surface area (Å²) < 4.78 is 0. The number of rotatable bonds is 2. The Morgan fingerprint density at radius 1 is 0.944 bits per heavy atom. The lowest BCUT2D eigenvalue weighted by atomic mass is 10.1. The number of allylic oxidation sites excluding steroid dienone is 2. The molecule has 0 spiro atoms. The van der Waals surface area contributed by atoms with Crippen LogP contribution in [0.1, 0.15) is 45.7 Å². The number of benzene rings is 1. The van der Waals surface area contributed by atoms with Crippen LogP contribution in [0.25, 0.3) is 0 Å². The minimum Gasteiger partial charge on any atom is -0.360 e. The van der Waals surface area contributed by atoms with Crippen molar-refractivity contribution in [3.63, 3.8) is 0 Å². The average Bonchev–Trinajstić information content (AvgIpc) is 2.25. The van der Waals surface area contributed by atoms with E-state index in [9.17, 15) is 0 Å². The van der Waals surface area contributed by atoms with Crippen molar-refractivity contribution in [1.29, 1.82) is 0 Å². The molecule has 0 unspecified atom stereocenters. The monoisotopic (exact) mass is 247 g/mol. The highest BCUT2D eigenvalue weighted by atomic mass is 14.9. The molecule has 0 aliphatic heterocycles. The van der Waals surface area contributed by atoms with E-state index in [0.717, 1.165) is 11.4 Å². The van der Waals surface area contributed by atoms with Crippen molar-refractivity contribution in [3.8, 4) is 0 Å². The fourth-order valence-electron chi connectivity index (χ4n) is 1.07. The van der Waals surface area contributed by atoms with Crippen LogP contribution in [0, 0.1) is 13.8 Å². The van der Waals surface area contributed by atoms with Gasteiger partial charge in [-0.2, -0.15) is 0 Å². The Balaban J connectivity index is 0. The summed E-state index contributed by atoms with van der Waals surface area (Å²) in [6.07, 6.45) is 0. The van der Waals surface area contributed by atoms with E-state index >= 15 is 0 Å². The highest BCUT2D eigenvalue weighted by Crippen LogP contribution is 2.15. The predicted octanol–water partition coefficient (Wildman–Crippen LogP) is 5.86. The molecule has 0 fully saturated rings. The van der Waals surface area contributed by atoms with Gasteiger partial charge in [0.15, 0.2) is 0 Å². The summed E-state index contributed by atoms with van der Waals surface area (Å²) in [7, 11) is 0. The summed E-state index contributed by atoms with van der Waals surface area (Å²) in [5.74, 6) is 0. The zero-order valence-corrected chi connectivity index (χ0v) is 13.1. The molecular formula is C17H29N. The Morgan fingerprint density at radius 2 is 1.39 bits per heavy atom. The highest BCUT2D eigenvalue weighted by Gasteiger charge is 1.94. The van der Waals surface area contributed by atoms with Crippen LogP contribution in [-0.2, 0) is 0 Å². The topological polar surface area (TPSA) is 12.0 Å². The normalized spacial score (nSPS) is 8.17. The second-order valence-corrected chi connectivity index (χ2v) is 4.41. The molecule has 0 aliphatic carbocycles. The van der Waals surface area contributed by atoms with Crippen LogP contribution in [0.3, 0.4) is 0 Å². The summed E-state index contributed by atoms with van der Waals surface area (Å²) in [6.45, 7) is 21.5. The van der Waals surface area contributed by atoms with Crippen LogP contribution in [0.15, 0.2) is 42.6 Å². The highest BCUT2D eigenvalue weighted by molar-refractivity contribution is 5.51. The Bertz CT molecular complexity index is 371. The molecule has 1 aromatic carbocycles. The van der Waals surface area contributed by atoms with Crippen molar-refractivity contribution in [1.82, 2.24) is 0 Å². The van der Waals surface area contributed by atoms with Crippen LogP contribution >= 0.6 is 0 Å². The molecule has 1 rings (SSSR count). The van der Waals surface area contributed by atoms with Gasteiger partial charge in [0.1, 0.15) is 0 Å². The molecule has 0 bridgehead atoms. The lowest BCUT2D eigenvalue weighted by Crippen LogP contribution is -1.94. The minimum atomic E-state index is 0.971. The van der Waals surface area contributed by atoms with Gasteiger partial charge in [-0.1, -0.05) is 32.1 Å². The third-order valence-electron chi connectivity index (χ3n) is 1.86. The van der Waals surface area contributed by atoms with E-state index in [4.69, 9.17) is 0 Å². The molecule has 0 heterocycles. The molecule has 1 nitrogen and oxygen atoms in total. The fourth-order valence-corrected chi connectivity index (χ4v) is 1.07. The average molecular weight is 247 g/mol. The second kappa shape index (κ2) is 10.6. The van der Waals surface area contributed by atoms with E-state index in [1.807, 2.05) is 34.6 Å². The third kappa shape index (κ3) is 11.0. The van der Waals surface area contributed by atoms with Crippen LogP contribution in [0.4, 0.5) is 5.69 Å². The van der Waals surface area contributed by atoms with Crippen molar-refractivity contribution in [2.24, 2.45) is 0 Å². The van der Waals surface area contributed by atoms with Crippen molar-refractivity contribution >= 4 is 5.69 Å². The van der Waals surface area contributed by atoms with Crippen molar-refractivity contribution in [2.45, 2.75) is 48.5 Å². The van der Waals surface area contributed by atoms with Crippen LogP contribution in [0.5, 0.6) is 0 Å². The van der Waals surface area contributed by atoms with Gasteiger partial charge in [0.05, 0.1) is 0 Å². The lowest BCUT2D eigenvalue weighted by Gasteiger charge is -2.07. The first kappa shape index (κ1) is 18.9. The SMILES string of the molecule is C=C(C)C.C=C(C)Nc1ccc(C)c(C)c1.CC. The van der Waals surface area contributed by atoms with E-state index in [-0.39, 0.29) is 0 Å². The number of nitrogens with one attached hydrogen (secondary N) is 1. The van der Waals surface area contributed by atoms with Gasteiger partial charge in [-0.05, 0) is 57.9 Å². The van der Waals surface area contributed by atoms with Gasteiger partial charge in [-0.3, -0.25) is 0 Å². The maximum absolute atomic E-state index is 3.79. The number of anilines is 1. The molecule has 0 aliphatic rings. The van der Waals surface area contributed by atoms with E-state index in [1.54, 1.807) is 0 Å². The van der Waals surface area contributed by atoms with Crippen LogP contribution in [-0.4, -0.2) is 0 Å². The first-order valence-electron chi connectivity index (χ1n) is 6.45. The van der Waals surface area contributed by atoms with E-state index in [2.05, 4.69) is 50.5 Å². The van der Waals surface area contributed by atoms with Gasteiger partial charge in [0, 0.05) is 11.4 Å². The standard InChI is InChI=1S/C11H15N.C4H8.C2H6/c1-8(2)12-11-6-5-9(3)10(4)7-11;1-4(2)3;1-2/h5-7,12H,1H2,2-4H3;1H2,2-3H3;1-2H3. The Labute approximate surface area is 114 Å². The Morgan fingerprint density at radius 3 is 1.72 bits per heavy atom. The van der Waals surface area contributed by atoms with Crippen molar-refractivity contribution in [2.75, 3.05) is 5.32 Å². The Hall–Kier alpha value is -1.50. The molecule has 0 aromatic heterocycles. The molecule has 18 heavy (non-hydrogen) atoms. The maximum atomic E-state index is 3.79. The molecule has 1 aromatic rings. The molecule has 0 saturated carbocycles. The first-order valence-corrected chi connectivity index (χ1v) is 6.45. The van der Waals surface area contributed by atoms with Gasteiger partial charge >= 0.3 is 0 Å². The number of hydrogen-bond acceptors (Lipinski definition) is 1. The van der Waals surface area contributed by atoms with Crippen LogP contribution in [0.2, 0.25) is 0 Å². The maximum Gasteiger partial charge on any atom is 0.0384 e. The van der Waals surface area contributed by atoms with Gasteiger partial charge in [0.25, 0.3) is 0 Å². The Kier molecular flexibility index (Phi) is 11.1. The summed E-state index contributed by atoms with van der Waals surface area (Å²) in [5.41, 5.74) is 5.88. The van der Waals surface area contributed by atoms with Gasteiger partial charge in [0.2, 0.25) is 0 Å². The largest absolute Gasteiger partial charge is 0.360 e. The number of hydrogen-bond donors (Lipinski definition) is 1. The molecule has 102 valence electrons. The fraction of sp³-hybridized carbons (Fsp3) is 0.412. The molecule has 1 N–H and O–H groups in total. The summed E-state index contributed by atoms with van der Waals surface area (Å²) in [6, 6.07) is 6.31. The van der Waals surface area contributed by atoms with Crippen LogP contribution < -0.4 is 5.32 Å². The molecule has 0 radical (unpaired) electrons. The summed E-state index contributed by atoms with van der Waals surface area (Å²) >= 11 is 0. The van der Waals surface area contributed by atoms with Gasteiger partial charge in [-0.15, -0.1) is 6.58 Å². The van der Waals surface area contributed by atoms with Crippen molar-refractivity contribution in [3.05, 3.63) is 53.8 Å². The van der Waals surface area contributed by atoms with Crippen molar-refractivity contribution < 1.29 is 0 Å². The molecule has 0 atom stereocenters. The molecule has 0 amide bonds. The van der Waals surface area contributed by atoms with E-state index < -0.39 is 0 Å². The second-order valence-electron chi connectivity index (χ2n) is 4.41. The summed E-state index contributed by atoms with van der Waals surface area (Å²) in [5, 5.41) is 3.18. The minimum absolute atomic E-state index is 0.971. The first-order chi connectivity index (χ1) is 8.32. The molecule has 0 saturated heterocycles. The quantitative estimate of drug-likeness (QED) is 0.646. The van der Waals surface area contributed by atoms with Gasteiger partial charge in [-0.25, -0.2) is 0 Å². The number of aryl methyl sites for hydroxylation is 2. The predicted molar refractivity (Wildman–Crippen MR) is 86.2 cm³/mol. The lowest BCUT2D eigenvalue weighted by molar-refractivity contribution is 1.32. The molecule has 1 heteroatoms. The third-order valence-corrected chi connectivity index (χ3v) is 1.86. The zero-order valence-electron chi connectivity index (χ0n) is 13.1. The van der Waals surface area contributed by atoms with E-state index in [1.165, 1.54) is 16.7 Å². The van der Waals surface area contributed by atoms with E-state index in [0.29, 0.717) is 0 Å². The smallest absolute Gasteiger partial charge is 0.0384 e.